The van der Waals surface area contributed by atoms with E-state index in [-0.39, 0.29) is 46.6 Å². The Bertz CT molecular complexity index is 2610. The minimum absolute atomic E-state index is 0.0953. The van der Waals surface area contributed by atoms with Crippen molar-refractivity contribution < 1.29 is 28.7 Å². The predicted octanol–water partition coefficient (Wildman–Crippen LogP) is 10.0. The molecule has 6 unspecified atom stereocenters. The van der Waals surface area contributed by atoms with Crippen molar-refractivity contribution >= 4 is 24.0 Å². The largest absolute Gasteiger partial charge is 0.453 e. The van der Waals surface area contributed by atoms with Crippen molar-refractivity contribution in [1.82, 2.24) is 40.4 Å². The fraction of sp³-hybridized carbons (Fsp3) is 0.491. The van der Waals surface area contributed by atoms with Gasteiger partial charge in [-0.3, -0.25) is 9.59 Å². The van der Waals surface area contributed by atoms with Gasteiger partial charge < -0.3 is 39.9 Å². The molecule has 360 valence electrons. The van der Waals surface area contributed by atoms with E-state index < -0.39 is 24.3 Å². The SMILES string of the molecule is COC(=O)NC(C(=O)N1CC2(CC2)CC1c1ncc(-c2ccc(-c3ccc(-c4ccc(-c5cnc(C6CC7(CC7)CN6C(=O)C(NC(=O)OC)C(C)C)[nH]5)cc4)c4c3C3CCC4C3)cc2)[nH]1)C(C)C. The molecule has 6 atom stereocenters. The number of aromatic amines is 2. The molecule has 3 saturated carbocycles. The van der Waals surface area contributed by atoms with Crippen LogP contribution in [0.15, 0.2) is 73.1 Å². The van der Waals surface area contributed by atoms with Crippen LogP contribution in [0.5, 0.6) is 0 Å². The highest BCUT2D eigenvalue weighted by Gasteiger charge is 2.56. The molecule has 2 saturated heterocycles. The smallest absolute Gasteiger partial charge is 0.407 e. The second kappa shape index (κ2) is 17.2. The third-order valence-electron chi connectivity index (χ3n) is 16.7. The summed E-state index contributed by atoms with van der Waals surface area (Å²) in [7, 11) is 2.63. The Labute approximate surface area is 403 Å². The van der Waals surface area contributed by atoms with Crippen molar-refractivity contribution in [2.45, 2.75) is 121 Å². The summed E-state index contributed by atoms with van der Waals surface area (Å²) < 4.78 is 9.71. The lowest BCUT2D eigenvalue weighted by Gasteiger charge is -2.30. The van der Waals surface area contributed by atoms with Crippen LogP contribution in [0, 0.1) is 22.7 Å². The number of hydrogen-bond donors (Lipinski definition) is 4. The monoisotopic (exact) mass is 932 g/mol. The van der Waals surface area contributed by atoms with Gasteiger partial charge in [-0.1, -0.05) is 88.4 Å². The van der Waals surface area contributed by atoms with Crippen LogP contribution < -0.4 is 10.6 Å². The number of alkyl carbamates (subject to hydrolysis) is 2. The van der Waals surface area contributed by atoms with Gasteiger partial charge in [-0.2, -0.15) is 0 Å². The maximum atomic E-state index is 14.0. The molecule has 69 heavy (non-hydrogen) atoms. The number of rotatable bonds is 12. The first kappa shape index (κ1) is 45.0. The van der Waals surface area contributed by atoms with Gasteiger partial charge in [0.1, 0.15) is 23.7 Å². The van der Waals surface area contributed by atoms with Crippen molar-refractivity contribution in [2.24, 2.45) is 22.7 Å². The summed E-state index contributed by atoms with van der Waals surface area (Å²) in [6.07, 6.45) is 12.3. The maximum Gasteiger partial charge on any atom is 0.407 e. The van der Waals surface area contributed by atoms with Crippen LogP contribution in [0.1, 0.15) is 132 Å². The van der Waals surface area contributed by atoms with Crippen molar-refractivity contribution in [3.05, 3.63) is 95.8 Å². The number of H-pyrrole nitrogens is 2. The molecule has 4 amide bonds. The third kappa shape index (κ3) is 8.16. The van der Waals surface area contributed by atoms with Crippen LogP contribution in [0.4, 0.5) is 9.59 Å². The first-order chi connectivity index (χ1) is 33.3. The van der Waals surface area contributed by atoms with Crippen molar-refractivity contribution in [3.63, 3.8) is 0 Å². The zero-order valence-corrected chi connectivity index (χ0v) is 40.6. The lowest BCUT2D eigenvalue weighted by Crippen LogP contribution is -2.51. The molecule has 4 heterocycles. The van der Waals surface area contributed by atoms with Crippen LogP contribution in [0.2, 0.25) is 0 Å². The Morgan fingerprint density at radius 3 is 1.32 bits per heavy atom. The molecule has 5 fully saturated rings. The first-order valence-electron chi connectivity index (χ1n) is 25.0. The van der Waals surface area contributed by atoms with Gasteiger partial charge in [0.2, 0.25) is 11.8 Å². The Hall–Kier alpha value is -6.44. The summed E-state index contributed by atoms with van der Waals surface area (Å²) >= 11 is 0. The average Bonchev–Trinajstić information content (AvgIpc) is 3.79. The van der Waals surface area contributed by atoms with Gasteiger partial charge in [-0.15, -0.1) is 0 Å². The summed E-state index contributed by atoms with van der Waals surface area (Å²) in [5, 5.41) is 5.55. The number of nitrogens with one attached hydrogen (secondary N) is 4. The highest BCUT2D eigenvalue weighted by Crippen LogP contribution is 2.61. The predicted molar refractivity (Wildman–Crippen MR) is 262 cm³/mol. The second-order valence-corrected chi connectivity index (χ2v) is 21.8. The Kier molecular flexibility index (Phi) is 11.2. The molecule has 3 aromatic carbocycles. The minimum atomic E-state index is -0.682. The number of likely N-dealkylation sites (tertiary alicyclic amines) is 2. The highest BCUT2D eigenvalue weighted by molar-refractivity contribution is 5.88. The van der Waals surface area contributed by atoms with E-state index in [9.17, 15) is 19.2 Å². The fourth-order valence-corrected chi connectivity index (χ4v) is 12.4. The molecule has 11 rings (SSSR count). The van der Waals surface area contributed by atoms with Crippen LogP contribution in [-0.2, 0) is 19.1 Å². The fourth-order valence-electron chi connectivity index (χ4n) is 12.4. The van der Waals surface area contributed by atoms with E-state index in [4.69, 9.17) is 19.4 Å². The molecular weight excluding hydrogens is 869 g/mol. The number of amides is 4. The molecule has 5 aromatic rings. The van der Waals surface area contributed by atoms with E-state index in [1.807, 2.05) is 49.9 Å². The summed E-state index contributed by atoms with van der Waals surface area (Å²) in [6.45, 7) is 9.09. The molecule has 2 aliphatic heterocycles. The quantitative estimate of drug-likeness (QED) is 0.0956. The number of methoxy groups -OCH3 is 2. The normalized spacial score (nSPS) is 23.1. The van der Waals surface area contributed by atoms with Crippen LogP contribution in [0.25, 0.3) is 44.8 Å². The van der Waals surface area contributed by atoms with Gasteiger partial charge in [0.05, 0.1) is 50.1 Å². The summed E-state index contributed by atoms with van der Waals surface area (Å²) in [5.74, 6) is 2.26. The maximum absolute atomic E-state index is 14.0. The van der Waals surface area contributed by atoms with Gasteiger partial charge in [-0.25, -0.2) is 19.6 Å². The lowest BCUT2D eigenvalue weighted by molar-refractivity contribution is -0.136. The number of carbonyl (C=O) groups excluding carboxylic acids is 4. The van der Waals surface area contributed by atoms with Gasteiger partial charge in [-0.05, 0) is 137 Å². The van der Waals surface area contributed by atoms with Gasteiger partial charge in [0.15, 0.2) is 0 Å². The Morgan fingerprint density at radius 2 is 0.971 bits per heavy atom. The molecule has 2 spiro atoms. The van der Waals surface area contributed by atoms with E-state index >= 15 is 0 Å². The van der Waals surface area contributed by atoms with E-state index in [1.165, 1.54) is 66.9 Å². The summed E-state index contributed by atoms with van der Waals surface area (Å²) in [5.41, 5.74) is 12.2. The molecule has 6 aliphatic rings. The van der Waals surface area contributed by atoms with Gasteiger partial charge in [0, 0.05) is 13.1 Å². The number of aromatic nitrogens is 4. The van der Waals surface area contributed by atoms with Crippen molar-refractivity contribution in [1.29, 1.82) is 0 Å². The molecule has 4 aliphatic carbocycles. The molecular formula is C55H64N8O6. The number of carbonyl (C=O) groups is 4. The summed E-state index contributed by atoms with van der Waals surface area (Å²) in [4.78, 5) is 73.2. The molecule has 14 nitrogen and oxygen atoms in total. The lowest BCUT2D eigenvalue weighted by atomic mass is 9.81. The molecule has 2 bridgehead atoms. The number of hydrogen-bond acceptors (Lipinski definition) is 8. The van der Waals surface area contributed by atoms with Gasteiger partial charge in [0.25, 0.3) is 0 Å². The van der Waals surface area contributed by atoms with Crippen LogP contribution in [0.3, 0.4) is 0 Å². The first-order valence-corrected chi connectivity index (χ1v) is 25.0. The number of nitrogens with zero attached hydrogens (tertiary/aromatic N) is 4. The number of benzene rings is 3. The van der Waals surface area contributed by atoms with E-state index in [2.05, 4.69) is 81.3 Å². The Morgan fingerprint density at radius 1 is 0.594 bits per heavy atom. The van der Waals surface area contributed by atoms with Crippen LogP contribution in [-0.4, -0.2) is 93.1 Å². The topological polar surface area (TPSA) is 175 Å². The van der Waals surface area contributed by atoms with Crippen LogP contribution >= 0.6 is 0 Å². The van der Waals surface area contributed by atoms with E-state index in [0.717, 1.165) is 72.7 Å². The zero-order valence-electron chi connectivity index (χ0n) is 40.6. The Balaban J connectivity index is 0.811. The highest BCUT2D eigenvalue weighted by atomic mass is 16.5. The summed E-state index contributed by atoms with van der Waals surface area (Å²) in [6, 6.07) is 20.5. The number of fused-ring (bicyclic) bond motifs is 5. The second-order valence-electron chi connectivity index (χ2n) is 21.8. The van der Waals surface area contributed by atoms with Gasteiger partial charge >= 0.3 is 12.2 Å². The van der Waals surface area contributed by atoms with E-state index in [1.54, 1.807) is 0 Å². The molecule has 2 aromatic heterocycles. The minimum Gasteiger partial charge on any atom is -0.453 e. The zero-order chi connectivity index (χ0) is 47.9. The standard InChI is InChI=1S/C55H64N8O6/c1-30(2)46(60-52(66)68-5)50(64)62-28-54(19-20-54)24-42(62)48-56-26-40(58-48)34-11-7-32(8-12-34)38-17-18-39(45-37-16-15-36(23-37)44(38)45)33-9-13-35(14-10-33)41-27-57-49(59-41)43-25-55(21-22-55)29-63(43)51(65)47(31(3)4)61-53(67)69-6/h7-14,17-18,26-27,30-31,36-37,42-43,46-47H,15-16,19-25,28-29H2,1-6H3,(H,56,58)(H,57,59)(H,60,66)(H,61,67). The van der Waals surface area contributed by atoms with Crippen molar-refractivity contribution in [2.75, 3.05) is 27.3 Å². The molecule has 14 heteroatoms. The third-order valence-corrected chi connectivity index (χ3v) is 16.7. The number of imidazole rings is 2. The number of ether oxygens (including phenoxy) is 2. The average molecular weight is 933 g/mol. The molecule has 4 N–H and O–H groups in total. The van der Waals surface area contributed by atoms with E-state index in [0.29, 0.717) is 24.9 Å². The molecule has 0 radical (unpaired) electrons. The van der Waals surface area contributed by atoms with Crippen molar-refractivity contribution in [3.8, 4) is 44.8 Å².